The molecule has 0 amide bonds. The molecule has 26 heavy (non-hydrogen) atoms. The van der Waals surface area contributed by atoms with Gasteiger partial charge in [0, 0.05) is 6.08 Å². The highest BCUT2D eigenvalue weighted by atomic mass is 32.2. The van der Waals surface area contributed by atoms with Crippen molar-refractivity contribution >= 4 is 30.0 Å². The Morgan fingerprint density at radius 1 is 1.23 bits per heavy atom. The highest BCUT2D eigenvalue weighted by molar-refractivity contribution is 8.08. The molecule has 1 unspecified atom stereocenters. The van der Waals surface area contributed by atoms with Crippen molar-refractivity contribution in [3.8, 4) is 0 Å². The van der Waals surface area contributed by atoms with Gasteiger partial charge in [0.1, 0.15) is 11.0 Å². The molecule has 2 rings (SSSR count). The Morgan fingerprint density at radius 2 is 1.85 bits per heavy atom. The lowest BCUT2D eigenvalue weighted by atomic mass is 9.90. The fourth-order valence-electron chi connectivity index (χ4n) is 2.99. The fraction of sp³-hybridized carbons (Fsp3) is 0.571. The molecule has 0 bridgehead atoms. The van der Waals surface area contributed by atoms with Gasteiger partial charge in [-0.2, -0.15) is 13.2 Å². The van der Waals surface area contributed by atoms with Crippen molar-refractivity contribution in [3.63, 3.8) is 0 Å². The van der Waals surface area contributed by atoms with E-state index in [1.807, 2.05) is 0 Å². The molecule has 0 N–H and O–H groups in total. The van der Waals surface area contributed by atoms with Crippen molar-refractivity contribution in [1.82, 2.24) is 0 Å². The number of hydrogen-bond acceptors (Lipinski definition) is 5. The van der Waals surface area contributed by atoms with E-state index in [0.29, 0.717) is 18.9 Å². The first-order valence-electron chi connectivity index (χ1n) is 7.64. The van der Waals surface area contributed by atoms with Crippen molar-refractivity contribution in [2.75, 3.05) is 0 Å². The largest absolute Gasteiger partial charge is 0.573 e. The van der Waals surface area contributed by atoms with Crippen LogP contribution in [0.2, 0.25) is 0 Å². The van der Waals surface area contributed by atoms with Crippen LogP contribution < -0.4 is 0 Å². The lowest BCUT2D eigenvalue weighted by Gasteiger charge is -2.21. The maximum atomic E-state index is 12.8. The van der Waals surface area contributed by atoms with Crippen LogP contribution in [0.3, 0.4) is 0 Å². The smallest absolute Gasteiger partial charge is 0.406 e. The molecule has 0 aromatic rings. The SMILES string of the molecule is [N-]=[N+]=C(C1CCCCC1)S(=O)(=O)C1C=CC(OC(F)(F)F)=CC1=S(=O)=O. The van der Waals surface area contributed by atoms with Crippen molar-refractivity contribution in [3.05, 3.63) is 29.5 Å². The summed E-state index contributed by atoms with van der Waals surface area (Å²) in [5.41, 5.74) is 9.21. The highest BCUT2D eigenvalue weighted by Gasteiger charge is 2.45. The van der Waals surface area contributed by atoms with Gasteiger partial charge in [-0.05, 0) is 18.9 Å². The zero-order chi connectivity index (χ0) is 19.5. The van der Waals surface area contributed by atoms with Crippen LogP contribution in [0.1, 0.15) is 32.1 Å². The summed E-state index contributed by atoms with van der Waals surface area (Å²) in [6.45, 7) is 0. The van der Waals surface area contributed by atoms with Gasteiger partial charge in [0.05, 0.1) is 10.8 Å². The molecule has 0 aliphatic heterocycles. The number of nitrogens with zero attached hydrogens (tertiary/aromatic N) is 2. The molecular formula is C14H15F3N2O5S2. The van der Waals surface area contributed by atoms with Crippen LogP contribution in [0.15, 0.2) is 24.0 Å². The minimum atomic E-state index is -5.06. The van der Waals surface area contributed by atoms with Gasteiger partial charge in [-0.1, -0.05) is 25.3 Å². The van der Waals surface area contributed by atoms with Crippen LogP contribution in [-0.4, -0.2) is 43.1 Å². The van der Waals surface area contributed by atoms with E-state index in [9.17, 15) is 35.5 Å². The number of allylic oxidation sites excluding steroid dienone is 2. The first-order chi connectivity index (χ1) is 12.1. The third-order valence-corrected chi connectivity index (χ3v) is 7.09. The number of hydrogen-bond donors (Lipinski definition) is 0. The van der Waals surface area contributed by atoms with E-state index in [-0.39, 0.29) is 0 Å². The molecule has 7 nitrogen and oxygen atoms in total. The molecule has 0 saturated heterocycles. The van der Waals surface area contributed by atoms with Crippen LogP contribution in [0.4, 0.5) is 13.2 Å². The molecule has 1 atom stereocenters. The Morgan fingerprint density at radius 3 is 2.35 bits per heavy atom. The molecule has 2 aliphatic rings. The first-order valence-corrected chi connectivity index (χ1v) is 10.3. The Hall–Kier alpha value is -1.91. The number of ether oxygens (including phenoxy) is 1. The maximum absolute atomic E-state index is 12.8. The molecule has 0 aromatic carbocycles. The minimum absolute atomic E-state index is 0.461. The van der Waals surface area contributed by atoms with Crippen molar-refractivity contribution in [2.24, 2.45) is 5.92 Å². The summed E-state index contributed by atoms with van der Waals surface area (Å²) in [6.07, 6.45) is 0.220. The Kier molecular flexibility index (Phi) is 6.09. The summed E-state index contributed by atoms with van der Waals surface area (Å²) in [4.78, 5) is 2.06. The maximum Gasteiger partial charge on any atom is 0.573 e. The third kappa shape index (κ3) is 4.63. The predicted octanol–water partition coefficient (Wildman–Crippen LogP) is 2.02. The van der Waals surface area contributed by atoms with Gasteiger partial charge in [-0.15, -0.1) is 13.2 Å². The lowest BCUT2D eigenvalue weighted by Crippen LogP contribution is -2.39. The van der Waals surface area contributed by atoms with Gasteiger partial charge in [0.2, 0.25) is 10.3 Å². The van der Waals surface area contributed by atoms with Crippen LogP contribution >= 0.6 is 0 Å². The molecule has 0 radical (unpaired) electrons. The van der Waals surface area contributed by atoms with Gasteiger partial charge >= 0.3 is 11.4 Å². The summed E-state index contributed by atoms with van der Waals surface area (Å²) < 4.78 is 88.9. The summed E-state index contributed by atoms with van der Waals surface area (Å²) in [7, 11) is -7.56. The van der Waals surface area contributed by atoms with Gasteiger partial charge in [-0.3, -0.25) is 0 Å². The summed E-state index contributed by atoms with van der Waals surface area (Å²) in [5.74, 6) is -1.42. The summed E-state index contributed by atoms with van der Waals surface area (Å²) >= 11 is 0. The number of alkyl halides is 3. The van der Waals surface area contributed by atoms with Crippen molar-refractivity contribution in [1.29, 1.82) is 0 Å². The standard InChI is InChI=1S/C14H15F3N2O5S2/c15-14(16,17)24-10-6-7-12(11(8-10)25(20)21)26(22,23)13(19-18)9-4-2-1-3-5-9/h6-9,12H,1-5H2. The quantitative estimate of drug-likeness (QED) is 0.231. The number of halogens is 3. The molecule has 0 spiro atoms. The summed E-state index contributed by atoms with van der Waals surface area (Å²) in [6, 6.07) is 0. The van der Waals surface area contributed by atoms with Gasteiger partial charge in [0.25, 0.3) is 9.84 Å². The molecule has 1 saturated carbocycles. The topological polar surface area (TPSA) is 114 Å². The van der Waals surface area contributed by atoms with Gasteiger partial charge in [-0.25, -0.2) is 8.42 Å². The van der Waals surface area contributed by atoms with E-state index in [0.717, 1.165) is 31.4 Å². The highest BCUT2D eigenvalue weighted by Crippen LogP contribution is 2.29. The molecule has 1 fully saturated rings. The number of rotatable bonds is 3. The first kappa shape index (κ1) is 20.4. The van der Waals surface area contributed by atoms with Crippen LogP contribution in [0.25, 0.3) is 5.53 Å². The van der Waals surface area contributed by atoms with E-state index in [4.69, 9.17) is 0 Å². The molecule has 144 valence electrons. The van der Waals surface area contributed by atoms with Gasteiger partial charge in [0.15, 0.2) is 0 Å². The second-order valence-corrected chi connectivity index (χ2v) is 8.79. The Bertz CT molecular complexity index is 912. The third-order valence-electron chi connectivity index (χ3n) is 4.11. The van der Waals surface area contributed by atoms with E-state index in [1.54, 1.807) is 0 Å². The van der Waals surface area contributed by atoms with E-state index in [1.165, 1.54) is 0 Å². The molecule has 12 heteroatoms. The van der Waals surface area contributed by atoms with E-state index in [2.05, 4.69) is 9.53 Å². The van der Waals surface area contributed by atoms with Gasteiger partial charge < -0.3 is 10.3 Å². The Balaban J connectivity index is 2.42. The van der Waals surface area contributed by atoms with Crippen molar-refractivity contribution in [2.45, 2.75) is 43.7 Å². The van der Waals surface area contributed by atoms with Crippen LogP contribution in [-0.2, 0) is 24.9 Å². The summed E-state index contributed by atoms with van der Waals surface area (Å²) in [5, 5.41) is -2.34. The Labute approximate surface area is 149 Å². The number of sulfone groups is 1. The molecule has 0 heterocycles. The van der Waals surface area contributed by atoms with E-state index < -0.39 is 53.3 Å². The fourth-order valence-corrected chi connectivity index (χ4v) is 5.82. The zero-order valence-corrected chi connectivity index (χ0v) is 14.9. The average Bonchev–Trinajstić information content (AvgIpc) is 2.54. The monoisotopic (exact) mass is 412 g/mol. The van der Waals surface area contributed by atoms with Crippen LogP contribution in [0.5, 0.6) is 0 Å². The second-order valence-electron chi connectivity index (χ2n) is 5.83. The lowest BCUT2D eigenvalue weighted by molar-refractivity contribution is -0.303. The van der Waals surface area contributed by atoms with Crippen LogP contribution in [0, 0.1) is 5.92 Å². The molecular weight excluding hydrogens is 397 g/mol. The van der Waals surface area contributed by atoms with Crippen molar-refractivity contribution < 1.29 is 39.5 Å². The second kappa shape index (κ2) is 7.77. The average molecular weight is 412 g/mol. The zero-order valence-electron chi connectivity index (χ0n) is 13.3. The molecule has 0 aromatic heterocycles. The van der Waals surface area contributed by atoms with E-state index >= 15 is 0 Å². The predicted molar refractivity (Wildman–Crippen MR) is 86.2 cm³/mol. The molecule has 2 aliphatic carbocycles. The minimum Gasteiger partial charge on any atom is -0.406 e. The normalized spacial score (nSPS) is 21.7.